The molecule has 2 atom stereocenters. The van der Waals surface area contributed by atoms with Crippen molar-refractivity contribution >= 4 is 72.7 Å². The molecule has 3 aliphatic carbocycles. The first-order valence-electron chi connectivity index (χ1n) is 22.6. The van der Waals surface area contributed by atoms with Crippen LogP contribution in [-0.4, -0.2) is 0 Å². The highest BCUT2D eigenvalue weighted by molar-refractivity contribution is 6.10. The summed E-state index contributed by atoms with van der Waals surface area (Å²) in [6, 6.07) is 72.3. The van der Waals surface area contributed by atoms with E-state index in [0.29, 0.717) is 5.92 Å². The van der Waals surface area contributed by atoms with Crippen LogP contribution in [0.5, 0.6) is 0 Å². The van der Waals surface area contributed by atoms with Crippen molar-refractivity contribution in [3.63, 3.8) is 0 Å². The smallest absolute Gasteiger partial charge is 0.0468 e. The van der Waals surface area contributed by atoms with Gasteiger partial charge in [-0.05, 0) is 155 Å². The molecule has 1 heteroatoms. The van der Waals surface area contributed by atoms with Crippen molar-refractivity contribution in [3.05, 3.63) is 255 Å². The molecule has 12 rings (SSSR count). The van der Waals surface area contributed by atoms with Gasteiger partial charge in [0.15, 0.2) is 0 Å². The Labute approximate surface area is 368 Å². The van der Waals surface area contributed by atoms with Gasteiger partial charge in [0.05, 0.1) is 0 Å². The third-order valence-electron chi connectivity index (χ3n) is 13.8. The zero-order valence-electron chi connectivity index (χ0n) is 35.3. The zero-order chi connectivity index (χ0) is 41.7. The molecule has 0 spiro atoms. The summed E-state index contributed by atoms with van der Waals surface area (Å²) in [5.41, 5.74) is 11.6. The Morgan fingerprint density at radius 3 is 1.94 bits per heavy atom. The van der Waals surface area contributed by atoms with E-state index in [0.717, 1.165) is 42.7 Å². The van der Waals surface area contributed by atoms with Crippen LogP contribution in [0.15, 0.2) is 218 Å². The van der Waals surface area contributed by atoms with E-state index in [9.17, 15) is 0 Å². The molecule has 0 aliphatic heterocycles. The van der Waals surface area contributed by atoms with E-state index in [1.165, 1.54) is 86.6 Å². The number of benzene rings is 9. The van der Waals surface area contributed by atoms with Crippen LogP contribution >= 0.6 is 0 Å². The van der Waals surface area contributed by atoms with E-state index in [1.54, 1.807) is 0 Å². The number of hydrogen-bond donors (Lipinski definition) is 0. The molecule has 2 unspecified atom stereocenters. The van der Waals surface area contributed by atoms with Crippen LogP contribution in [-0.2, 0) is 0 Å². The molecule has 0 aromatic heterocycles. The minimum Gasteiger partial charge on any atom is -0.310 e. The molecule has 0 saturated carbocycles. The molecular weight excluding hydrogens is 759 g/mol. The lowest BCUT2D eigenvalue weighted by molar-refractivity contribution is 0.793. The van der Waals surface area contributed by atoms with Crippen molar-refractivity contribution in [1.82, 2.24) is 0 Å². The van der Waals surface area contributed by atoms with E-state index in [4.69, 9.17) is 0 Å². The van der Waals surface area contributed by atoms with E-state index < -0.39 is 0 Å². The van der Waals surface area contributed by atoms with Gasteiger partial charge < -0.3 is 4.90 Å². The number of allylic oxidation sites excluding steroid dienone is 4. The maximum Gasteiger partial charge on any atom is 0.0468 e. The van der Waals surface area contributed by atoms with Crippen molar-refractivity contribution in [2.24, 2.45) is 5.92 Å². The first kappa shape index (κ1) is 37.3. The number of para-hydroxylation sites is 1. The van der Waals surface area contributed by atoms with Crippen molar-refractivity contribution in [1.29, 1.82) is 0 Å². The van der Waals surface area contributed by atoms with Gasteiger partial charge >= 0.3 is 0 Å². The average molecular weight is 806 g/mol. The fourth-order valence-electron chi connectivity index (χ4n) is 10.8. The molecule has 0 heterocycles. The minimum absolute atomic E-state index is 0.200. The topological polar surface area (TPSA) is 3.24 Å². The standard InChI is InChI=1S/C62H47N/c1-4-18-44(19-5-1)57-41-58(45-31-34-52(35-32-45)63(51-24-8-3-9-25-51)53-36-30-43-17-11-13-23-48(43)39-53)61-55-27-15-14-26-54(55)59-40-50(49-29-28-42-16-10-12-22-47(42)38-49)33-37-56(59)62(61)60(57)46-20-6-2-7-21-46/h2-4,6-28,30-40,49,57H,1,5,29,41H2. The second kappa shape index (κ2) is 15.8. The number of rotatable bonds is 7. The summed E-state index contributed by atoms with van der Waals surface area (Å²) in [4.78, 5) is 2.39. The summed E-state index contributed by atoms with van der Waals surface area (Å²) in [6.07, 6.45) is 16.3. The van der Waals surface area contributed by atoms with Crippen LogP contribution in [0.25, 0.3) is 55.6 Å². The maximum absolute atomic E-state index is 2.52. The summed E-state index contributed by atoms with van der Waals surface area (Å²) < 4.78 is 0. The van der Waals surface area contributed by atoms with Crippen LogP contribution in [0.3, 0.4) is 0 Å². The zero-order valence-corrected chi connectivity index (χ0v) is 35.3. The summed E-state index contributed by atoms with van der Waals surface area (Å²) >= 11 is 0. The van der Waals surface area contributed by atoms with Crippen LogP contribution in [0.2, 0.25) is 0 Å². The molecule has 0 radical (unpaired) electrons. The van der Waals surface area contributed by atoms with E-state index >= 15 is 0 Å². The van der Waals surface area contributed by atoms with Gasteiger partial charge in [0.2, 0.25) is 0 Å². The fraction of sp³-hybridized carbons (Fsp3) is 0.0968. The molecule has 63 heavy (non-hydrogen) atoms. The van der Waals surface area contributed by atoms with Crippen LogP contribution in [0.1, 0.15) is 48.3 Å². The Morgan fingerprint density at radius 1 is 0.444 bits per heavy atom. The molecule has 300 valence electrons. The number of hydrogen-bond acceptors (Lipinski definition) is 1. The highest BCUT2D eigenvalue weighted by atomic mass is 15.1. The Morgan fingerprint density at radius 2 is 1.13 bits per heavy atom. The molecule has 0 bridgehead atoms. The predicted octanol–water partition coefficient (Wildman–Crippen LogP) is 13.1. The Kier molecular flexibility index (Phi) is 9.33. The van der Waals surface area contributed by atoms with Gasteiger partial charge in [0, 0.05) is 28.9 Å². The Bertz CT molecular complexity index is 3560. The molecular formula is C62H47N. The summed E-state index contributed by atoms with van der Waals surface area (Å²) in [5.74, 6) is 0.527. The molecule has 0 N–H and O–H groups in total. The molecule has 9 aromatic carbocycles. The summed E-state index contributed by atoms with van der Waals surface area (Å²) in [6.45, 7) is 0. The average Bonchev–Trinajstić information content (AvgIpc) is 3.36. The lowest BCUT2D eigenvalue weighted by Gasteiger charge is -2.31. The van der Waals surface area contributed by atoms with Crippen molar-refractivity contribution in [2.45, 2.75) is 31.6 Å². The SMILES string of the molecule is C1=CC(C2CC(c3ccc(N(c4ccccc4)c4ccc5ccccc5c4)cc3)=c3c(c4ccc(C5C=c6ccccc6=CC5)cc4c4ccccc34)=C2c2ccccc2)=CCC1. The molecule has 0 amide bonds. The van der Waals surface area contributed by atoms with Gasteiger partial charge in [-0.15, -0.1) is 0 Å². The molecule has 1 nitrogen and oxygen atoms in total. The monoisotopic (exact) mass is 805 g/mol. The van der Waals surface area contributed by atoms with Gasteiger partial charge in [0.1, 0.15) is 0 Å². The largest absolute Gasteiger partial charge is 0.310 e. The van der Waals surface area contributed by atoms with Gasteiger partial charge in [-0.3, -0.25) is 0 Å². The first-order valence-corrected chi connectivity index (χ1v) is 22.6. The quantitative estimate of drug-likeness (QED) is 0.145. The van der Waals surface area contributed by atoms with E-state index in [2.05, 4.69) is 229 Å². The van der Waals surface area contributed by atoms with Gasteiger partial charge in [-0.2, -0.15) is 0 Å². The second-order valence-corrected chi connectivity index (χ2v) is 17.4. The van der Waals surface area contributed by atoms with Crippen molar-refractivity contribution < 1.29 is 0 Å². The number of fused-ring (bicyclic) bond motifs is 8. The normalized spacial score (nSPS) is 16.9. The van der Waals surface area contributed by atoms with Gasteiger partial charge in [0.25, 0.3) is 0 Å². The second-order valence-electron chi connectivity index (χ2n) is 17.4. The van der Waals surface area contributed by atoms with Crippen molar-refractivity contribution in [3.8, 4) is 0 Å². The highest BCUT2D eigenvalue weighted by Crippen LogP contribution is 2.42. The predicted molar refractivity (Wildman–Crippen MR) is 267 cm³/mol. The summed E-state index contributed by atoms with van der Waals surface area (Å²) in [7, 11) is 0. The van der Waals surface area contributed by atoms with Crippen LogP contribution in [0, 0.1) is 5.92 Å². The minimum atomic E-state index is 0.200. The van der Waals surface area contributed by atoms with E-state index in [-0.39, 0.29) is 5.92 Å². The van der Waals surface area contributed by atoms with Gasteiger partial charge in [-0.25, -0.2) is 0 Å². The third-order valence-corrected chi connectivity index (χ3v) is 13.8. The highest BCUT2D eigenvalue weighted by Gasteiger charge is 2.29. The van der Waals surface area contributed by atoms with E-state index in [1.807, 2.05) is 0 Å². The summed E-state index contributed by atoms with van der Waals surface area (Å²) in [5, 5.41) is 13.2. The number of anilines is 3. The maximum atomic E-state index is 2.52. The molecule has 3 aliphatic rings. The van der Waals surface area contributed by atoms with Crippen LogP contribution < -0.4 is 25.8 Å². The molecule has 0 saturated heterocycles. The number of nitrogens with zero attached hydrogens (tertiary/aromatic N) is 1. The third kappa shape index (κ3) is 6.64. The van der Waals surface area contributed by atoms with Gasteiger partial charge in [-0.1, -0.05) is 182 Å². The Balaban J connectivity index is 1.12. The lowest BCUT2D eigenvalue weighted by atomic mass is 9.73. The first-order chi connectivity index (χ1) is 31.2. The van der Waals surface area contributed by atoms with Crippen LogP contribution in [0.4, 0.5) is 17.1 Å². The Hall–Kier alpha value is -7.48. The fourth-order valence-corrected chi connectivity index (χ4v) is 10.8. The lowest BCUT2D eigenvalue weighted by Crippen LogP contribution is -2.38. The molecule has 0 fully saturated rings. The molecule has 9 aromatic rings. The van der Waals surface area contributed by atoms with Crippen molar-refractivity contribution in [2.75, 3.05) is 4.90 Å².